The van der Waals surface area contributed by atoms with Crippen molar-refractivity contribution in [1.29, 1.82) is 0 Å². The van der Waals surface area contributed by atoms with Crippen molar-refractivity contribution in [3.63, 3.8) is 0 Å². The van der Waals surface area contributed by atoms with Gasteiger partial charge < -0.3 is 0 Å². The van der Waals surface area contributed by atoms with Crippen LogP contribution in [0.1, 0.15) is 18.9 Å². The average Bonchev–Trinajstić information content (AvgIpc) is 2.89. The molecule has 1 heterocycles. The van der Waals surface area contributed by atoms with E-state index in [2.05, 4.69) is 6.58 Å². The maximum atomic E-state index is 11.8. The Hall–Kier alpha value is -0.640. The molecular weight excluding hydrogens is 296 g/mol. The van der Waals surface area contributed by atoms with E-state index in [1.165, 1.54) is 4.24 Å². The van der Waals surface area contributed by atoms with Gasteiger partial charge >= 0.3 is 0 Å². The van der Waals surface area contributed by atoms with Crippen LogP contribution in [0.3, 0.4) is 0 Å². The number of carbonyl (C=O) groups excluding carboxylic acids is 1. The summed E-state index contributed by atoms with van der Waals surface area (Å²) in [5.41, 5.74) is 2.90. The standard InChI is InChI=1S/C15H15ClOS2/c1-10(12-3-5-13(16)6-4-12)9-14(11(2)17)15-18-7-8-19-15/h3-6H,1,7-9H2,2H3. The summed E-state index contributed by atoms with van der Waals surface area (Å²) in [6.07, 6.45) is 0.617. The van der Waals surface area contributed by atoms with Gasteiger partial charge in [-0.25, -0.2) is 0 Å². The van der Waals surface area contributed by atoms with E-state index in [1.807, 2.05) is 24.3 Å². The van der Waals surface area contributed by atoms with Crippen LogP contribution >= 0.6 is 35.1 Å². The van der Waals surface area contributed by atoms with E-state index < -0.39 is 0 Å². The molecule has 0 N–H and O–H groups in total. The highest BCUT2D eigenvalue weighted by molar-refractivity contribution is 8.25. The van der Waals surface area contributed by atoms with Gasteiger partial charge in [0, 0.05) is 32.8 Å². The van der Waals surface area contributed by atoms with Crippen molar-refractivity contribution in [3.05, 3.63) is 51.2 Å². The van der Waals surface area contributed by atoms with Gasteiger partial charge in [0.25, 0.3) is 0 Å². The zero-order chi connectivity index (χ0) is 13.8. The van der Waals surface area contributed by atoms with Gasteiger partial charge in [-0.1, -0.05) is 30.3 Å². The normalized spacial score (nSPS) is 14.5. The van der Waals surface area contributed by atoms with Crippen LogP contribution in [0.15, 0.2) is 40.7 Å². The second-order valence-electron chi connectivity index (χ2n) is 4.31. The Morgan fingerprint density at radius 1 is 1.26 bits per heavy atom. The molecule has 0 spiro atoms. The first-order valence-corrected chi connectivity index (χ1v) is 8.36. The maximum Gasteiger partial charge on any atom is 0.157 e. The molecule has 1 aliphatic rings. The molecule has 0 amide bonds. The number of hydrogen-bond acceptors (Lipinski definition) is 3. The lowest BCUT2D eigenvalue weighted by atomic mass is 9.99. The van der Waals surface area contributed by atoms with Gasteiger partial charge in [-0.2, -0.15) is 0 Å². The molecule has 100 valence electrons. The SMILES string of the molecule is C=C(CC(C(C)=O)=C1SCCS1)c1ccc(Cl)cc1. The fourth-order valence-corrected chi connectivity index (χ4v) is 4.60. The van der Waals surface area contributed by atoms with Gasteiger partial charge in [-0.15, -0.1) is 23.5 Å². The fraction of sp³-hybridized carbons (Fsp3) is 0.267. The molecule has 0 saturated carbocycles. The quantitative estimate of drug-likeness (QED) is 0.727. The number of hydrogen-bond donors (Lipinski definition) is 0. The van der Waals surface area contributed by atoms with Crippen LogP contribution in [-0.4, -0.2) is 17.3 Å². The van der Waals surface area contributed by atoms with Crippen LogP contribution in [0.2, 0.25) is 5.02 Å². The molecule has 0 aliphatic carbocycles. The van der Waals surface area contributed by atoms with Crippen LogP contribution in [0.4, 0.5) is 0 Å². The summed E-state index contributed by atoms with van der Waals surface area (Å²) in [6, 6.07) is 7.59. The van der Waals surface area contributed by atoms with E-state index in [0.29, 0.717) is 11.4 Å². The summed E-state index contributed by atoms with van der Waals surface area (Å²) in [7, 11) is 0. The Kier molecular flexibility index (Phi) is 5.20. The Labute approximate surface area is 127 Å². The first-order chi connectivity index (χ1) is 9.08. The second kappa shape index (κ2) is 6.69. The van der Waals surface area contributed by atoms with Crippen molar-refractivity contribution in [2.45, 2.75) is 13.3 Å². The van der Waals surface area contributed by atoms with Gasteiger partial charge in [-0.3, -0.25) is 4.79 Å². The Morgan fingerprint density at radius 2 is 1.84 bits per heavy atom. The molecule has 1 fully saturated rings. The molecule has 2 rings (SSSR count). The molecule has 1 aliphatic heterocycles. The first-order valence-electron chi connectivity index (χ1n) is 6.01. The molecule has 1 nitrogen and oxygen atoms in total. The van der Waals surface area contributed by atoms with E-state index in [-0.39, 0.29) is 5.78 Å². The second-order valence-corrected chi connectivity index (χ2v) is 7.21. The zero-order valence-electron chi connectivity index (χ0n) is 10.7. The van der Waals surface area contributed by atoms with Crippen LogP contribution < -0.4 is 0 Å². The third-order valence-electron chi connectivity index (χ3n) is 2.86. The van der Waals surface area contributed by atoms with Crippen LogP contribution in [0.25, 0.3) is 5.57 Å². The summed E-state index contributed by atoms with van der Waals surface area (Å²) in [5, 5.41) is 0.712. The molecule has 4 heteroatoms. The monoisotopic (exact) mass is 310 g/mol. The minimum atomic E-state index is 0.145. The topological polar surface area (TPSA) is 17.1 Å². The van der Waals surface area contributed by atoms with Gasteiger partial charge in [-0.05, 0) is 30.2 Å². The minimum Gasteiger partial charge on any atom is -0.295 e. The fourth-order valence-electron chi connectivity index (χ4n) is 1.83. The largest absolute Gasteiger partial charge is 0.295 e. The van der Waals surface area contributed by atoms with Crippen LogP contribution in [0, 0.1) is 0 Å². The van der Waals surface area contributed by atoms with Crippen LogP contribution in [0.5, 0.6) is 0 Å². The molecule has 1 aromatic carbocycles. The van der Waals surface area contributed by atoms with E-state index >= 15 is 0 Å². The lowest BCUT2D eigenvalue weighted by molar-refractivity contribution is -0.113. The van der Waals surface area contributed by atoms with E-state index in [4.69, 9.17) is 11.6 Å². The van der Waals surface area contributed by atoms with E-state index in [9.17, 15) is 4.79 Å². The summed E-state index contributed by atoms with van der Waals surface area (Å²) in [5.74, 6) is 2.32. The third kappa shape index (κ3) is 3.91. The zero-order valence-corrected chi connectivity index (χ0v) is 13.1. The van der Waals surface area contributed by atoms with Crippen LogP contribution in [-0.2, 0) is 4.79 Å². The van der Waals surface area contributed by atoms with Crippen molar-refractivity contribution < 1.29 is 4.79 Å². The van der Waals surface area contributed by atoms with Crippen molar-refractivity contribution in [2.24, 2.45) is 0 Å². The van der Waals surface area contributed by atoms with E-state index in [1.54, 1.807) is 30.4 Å². The number of rotatable bonds is 4. The lowest BCUT2D eigenvalue weighted by Gasteiger charge is -2.10. The van der Waals surface area contributed by atoms with Crippen molar-refractivity contribution in [2.75, 3.05) is 11.5 Å². The Morgan fingerprint density at radius 3 is 2.37 bits per heavy atom. The third-order valence-corrected chi connectivity index (χ3v) is 5.91. The molecule has 1 saturated heterocycles. The number of carbonyl (C=O) groups is 1. The summed E-state index contributed by atoms with van der Waals surface area (Å²) in [4.78, 5) is 11.8. The number of Topliss-reactive ketones (excluding diaryl/α,β-unsaturated/α-hetero) is 1. The van der Waals surface area contributed by atoms with Gasteiger partial charge in [0.05, 0.1) is 0 Å². The lowest BCUT2D eigenvalue weighted by Crippen LogP contribution is -1.99. The number of benzene rings is 1. The highest BCUT2D eigenvalue weighted by Gasteiger charge is 2.18. The Bertz CT molecular complexity index is 524. The summed E-state index contributed by atoms with van der Waals surface area (Å²) >= 11 is 9.43. The first kappa shape index (κ1) is 14.8. The predicted octanol–water partition coefficient (Wildman–Crippen LogP) is 5.02. The van der Waals surface area contributed by atoms with Gasteiger partial charge in [0.1, 0.15) is 0 Å². The van der Waals surface area contributed by atoms with Crippen molar-refractivity contribution in [3.8, 4) is 0 Å². The number of thioether (sulfide) groups is 2. The number of allylic oxidation sites excluding steroid dienone is 2. The molecule has 0 bridgehead atoms. The molecule has 0 radical (unpaired) electrons. The molecule has 0 aromatic heterocycles. The predicted molar refractivity (Wildman–Crippen MR) is 87.7 cm³/mol. The average molecular weight is 311 g/mol. The molecular formula is C15H15ClOS2. The van der Waals surface area contributed by atoms with Crippen molar-refractivity contribution >= 4 is 46.5 Å². The maximum absolute atomic E-state index is 11.8. The molecule has 0 atom stereocenters. The summed E-state index contributed by atoms with van der Waals surface area (Å²) < 4.78 is 1.17. The smallest absolute Gasteiger partial charge is 0.157 e. The van der Waals surface area contributed by atoms with E-state index in [0.717, 1.165) is 28.2 Å². The summed E-state index contributed by atoms with van der Waals surface area (Å²) in [6.45, 7) is 5.74. The minimum absolute atomic E-state index is 0.145. The van der Waals surface area contributed by atoms with Crippen molar-refractivity contribution in [1.82, 2.24) is 0 Å². The highest BCUT2D eigenvalue weighted by Crippen LogP contribution is 2.41. The van der Waals surface area contributed by atoms with Gasteiger partial charge in [0.2, 0.25) is 0 Å². The molecule has 1 aromatic rings. The molecule has 19 heavy (non-hydrogen) atoms. The Balaban J connectivity index is 2.18. The molecule has 0 unspecified atom stereocenters. The number of halogens is 1. The number of ketones is 1. The highest BCUT2D eigenvalue weighted by atomic mass is 35.5. The van der Waals surface area contributed by atoms with Gasteiger partial charge in [0.15, 0.2) is 5.78 Å².